The van der Waals surface area contributed by atoms with Crippen LogP contribution in [0, 0.1) is 15.2 Å². The van der Waals surface area contributed by atoms with E-state index in [0.29, 0.717) is 8.96 Å². The van der Waals surface area contributed by atoms with Crippen molar-refractivity contribution in [1.82, 2.24) is 0 Å². The normalized spacial score (nSPS) is 10.8. The van der Waals surface area contributed by atoms with Gasteiger partial charge in [-0.2, -0.15) is 0 Å². The van der Waals surface area contributed by atoms with Crippen LogP contribution in [0.5, 0.6) is 5.75 Å². The highest BCUT2D eigenvalue weighted by Gasteiger charge is 2.10. The van der Waals surface area contributed by atoms with Crippen LogP contribution in [0.1, 0.15) is 0 Å². The van der Waals surface area contributed by atoms with Crippen molar-refractivity contribution in [3.05, 3.63) is 39.5 Å². The maximum absolute atomic E-state index is 13.3. The van der Waals surface area contributed by atoms with Gasteiger partial charge in [0.15, 0.2) is 11.6 Å². The van der Waals surface area contributed by atoms with E-state index in [1.54, 1.807) is 0 Å². The SMILES string of the molecule is Oc1cc(I)c2c(F)c(F)ccc2c1. The first-order valence-electron chi connectivity index (χ1n) is 3.86. The predicted octanol–water partition coefficient (Wildman–Crippen LogP) is 3.43. The minimum atomic E-state index is -0.874. The molecule has 1 nitrogen and oxygen atoms in total. The molecule has 0 bridgehead atoms. The monoisotopic (exact) mass is 306 g/mol. The molecule has 0 heterocycles. The molecule has 0 aliphatic heterocycles. The van der Waals surface area contributed by atoms with Crippen LogP contribution in [-0.4, -0.2) is 5.11 Å². The third kappa shape index (κ3) is 1.43. The van der Waals surface area contributed by atoms with E-state index in [-0.39, 0.29) is 11.1 Å². The smallest absolute Gasteiger partial charge is 0.167 e. The zero-order valence-corrected chi connectivity index (χ0v) is 9.05. The third-order valence-electron chi connectivity index (χ3n) is 1.94. The third-order valence-corrected chi connectivity index (χ3v) is 2.79. The highest BCUT2D eigenvalue weighted by Crippen LogP contribution is 2.29. The van der Waals surface area contributed by atoms with Gasteiger partial charge in [0.2, 0.25) is 0 Å². The van der Waals surface area contributed by atoms with Gasteiger partial charge in [-0.25, -0.2) is 8.78 Å². The largest absolute Gasteiger partial charge is 0.508 e. The second-order valence-corrected chi connectivity index (χ2v) is 4.05. The molecule has 0 unspecified atom stereocenters. The lowest BCUT2D eigenvalue weighted by atomic mass is 10.1. The maximum atomic E-state index is 13.3. The Morgan fingerprint density at radius 3 is 2.57 bits per heavy atom. The Hall–Kier alpha value is -0.910. The number of fused-ring (bicyclic) bond motifs is 1. The van der Waals surface area contributed by atoms with E-state index in [1.807, 2.05) is 22.6 Å². The van der Waals surface area contributed by atoms with Gasteiger partial charge in [0.1, 0.15) is 5.75 Å². The van der Waals surface area contributed by atoms with Crippen molar-refractivity contribution in [2.45, 2.75) is 0 Å². The highest BCUT2D eigenvalue weighted by molar-refractivity contribution is 14.1. The zero-order chi connectivity index (χ0) is 10.3. The molecule has 0 fully saturated rings. The molecule has 0 radical (unpaired) electrons. The minimum absolute atomic E-state index is 0.0490. The summed E-state index contributed by atoms with van der Waals surface area (Å²) in [6.07, 6.45) is 0. The summed E-state index contributed by atoms with van der Waals surface area (Å²) in [5, 5.41) is 9.96. The molecule has 2 aromatic carbocycles. The summed E-state index contributed by atoms with van der Waals surface area (Å²) in [5.41, 5.74) is 0. The molecule has 0 saturated carbocycles. The number of rotatable bonds is 0. The number of phenolic OH excluding ortho intramolecular Hbond substituents is 1. The first kappa shape index (κ1) is 9.64. The summed E-state index contributed by atoms with van der Waals surface area (Å²) < 4.78 is 26.7. The predicted molar refractivity (Wildman–Crippen MR) is 58.2 cm³/mol. The molecule has 0 amide bonds. The number of halogens is 3. The highest BCUT2D eigenvalue weighted by atomic mass is 127. The van der Waals surface area contributed by atoms with Gasteiger partial charge in [0, 0.05) is 8.96 Å². The van der Waals surface area contributed by atoms with Crippen LogP contribution in [-0.2, 0) is 0 Å². The molecule has 0 aromatic heterocycles. The van der Waals surface area contributed by atoms with E-state index in [9.17, 15) is 13.9 Å². The fraction of sp³-hybridized carbons (Fsp3) is 0. The average Bonchev–Trinajstić information content (AvgIpc) is 2.10. The molecule has 0 aliphatic carbocycles. The fourth-order valence-electron chi connectivity index (χ4n) is 1.33. The van der Waals surface area contributed by atoms with Crippen molar-refractivity contribution in [2.75, 3.05) is 0 Å². The van der Waals surface area contributed by atoms with Crippen molar-refractivity contribution in [3.8, 4) is 5.75 Å². The summed E-state index contributed by atoms with van der Waals surface area (Å²) in [6, 6.07) is 5.29. The molecule has 14 heavy (non-hydrogen) atoms. The van der Waals surface area contributed by atoms with Gasteiger partial charge in [-0.05, 0) is 46.2 Å². The standard InChI is InChI=1S/C10H5F2IO/c11-7-2-1-5-3-6(14)4-8(13)9(5)10(7)12/h1-4,14H. The Kier molecular flexibility index (Phi) is 2.30. The van der Waals surface area contributed by atoms with Gasteiger partial charge in [-0.15, -0.1) is 0 Å². The summed E-state index contributed by atoms with van der Waals surface area (Å²) in [7, 11) is 0. The number of benzene rings is 2. The van der Waals surface area contributed by atoms with E-state index >= 15 is 0 Å². The number of hydrogen-bond acceptors (Lipinski definition) is 1. The van der Waals surface area contributed by atoms with Gasteiger partial charge in [-0.1, -0.05) is 6.07 Å². The maximum Gasteiger partial charge on any atom is 0.167 e. The first-order chi connectivity index (χ1) is 6.59. The van der Waals surface area contributed by atoms with Gasteiger partial charge in [0.05, 0.1) is 0 Å². The lowest BCUT2D eigenvalue weighted by Gasteiger charge is -2.03. The minimum Gasteiger partial charge on any atom is -0.508 e. The molecule has 1 N–H and O–H groups in total. The van der Waals surface area contributed by atoms with Gasteiger partial charge in [-0.3, -0.25) is 0 Å². The molecule has 0 aliphatic rings. The van der Waals surface area contributed by atoms with Crippen LogP contribution in [0.25, 0.3) is 10.8 Å². The van der Waals surface area contributed by atoms with Crippen molar-refractivity contribution in [2.24, 2.45) is 0 Å². The molecule has 4 heteroatoms. The van der Waals surface area contributed by atoms with Gasteiger partial charge < -0.3 is 5.11 Å². The quantitative estimate of drug-likeness (QED) is 0.739. The lowest BCUT2D eigenvalue weighted by molar-refractivity contribution is 0.475. The summed E-state index contributed by atoms with van der Waals surface area (Å²) in [6.45, 7) is 0. The molecule has 2 rings (SSSR count). The molecule has 0 spiro atoms. The Morgan fingerprint density at radius 2 is 1.86 bits per heavy atom. The molecule has 0 atom stereocenters. The Labute approximate surface area is 92.5 Å². The van der Waals surface area contributed by atoms with E-state index in [1.165, 1.54) is 18.2 Å². The van der Waals surface area contributed by atoms with E-state index in [0.717, 1.165) is 6.07 Å². The van der Waals surface area contributed by atoms with Crippen molar-refractivity contribution >= 4 is 33.4 Å². The Morgan fingerprint density at radius 1 is 1.14 bits per heavy atom. The van der Waals surface area contributed by atoms with Crippen molar-refractivity contribution in [3.63, 3.8) is 0 Å². The second-order valence-electron chi connectivity index (χ2n) is 2.89. The molecule has 0 saturated heterocycles. The van der Waals surface area contributed by atoms with E-state index in [4.69, 9.17) is 0 Å². The zero-order valence-electron chi connectivity index (χ0n) is 6.89. The van der Waals surface area contributed by atoms with Crippen LogP contribution in [0.15, 0.2) is 24.3 Å². The number of aromatic hydroxyl groups is 1. The molecule has 2 aromatic rings. The van der Waals surface area contributed by atoms with Crippen LogP contribution in [0.2, 0.25) is 0 Å². The Bertz CT molecular complexity index is 511. The van der Waals surface area contributed by atoms with E-state index in [2.05, 4.69) is 0 Å². The summed E-state index contributed by atoms with van der Waals surface area (Å²) >= 11 is 1.86. The van der Waals surface area contributed by atoms with Crippen LogP contribution in [0.4, 0.5) is 8.78 Å². The van der Waals surface area contributed by atoms with Gasteiger partial charge >= 0.3 is 0 Å². The van der Waals surface area contributed by atoms with Crippen molar-refractivity contribution in [1.29, 1.82) is 0 Å². The molecule has 72 valence electrons. The second kappa shape index (κ2) is 3.34. The number of hydrogen-bond donors (Lipinski definition) is 1. The van der Waals surface area contributed by atoms with Gasteiger partial charge in [0.25, 0.3) is 0 Å². The topological polar surface area (TPSA) is 20.2 Å². The van der Waals surface area contributed by atoms with Crippen LogP contribution < -0.4 is 0 Å². The Balaban J connectivity index is 2.95. The van der Waals surface area contributed by atoms with Crippen LogP contribution in [0.3, 0.4) is 0 Å². The summed E-state index contributed by atoms with van der Waals surface area (Å²) in [4.78, 5) is 0. The first-order valence-corrected chi connectivity index (χ1v) is 4.93. The average molecular weight is 306 g/mol. The summed E-state index contributed by atoms with van der Waals surface area (Å²) in [5.74, 6) is -1.69. The fourth-order valence-corrected chi connectivity index (χ4v) is 2.20. The van der Waals surface area contributed by atoms with E-state index < -0.39 is 11.6 Å². The number of phenols is 1. The van der Waals surface area contributed by atoms with Crippen LogP contribution >= 0.6 is 22.6 Å². The molecular formula is C10H5F2IO. The lowest BCUT2D eigenvalue weighted by Crippen LogP contribution is -1.88. The van der Waals surface area contributed by atoms with Crippen molar-refractivity contribution < 1.29 is 13.9 Å². The molecular weight excluding hydrogens is 301 g/mol.